The van der Waals surface area contributed by atoms with Gasteiger partial charge in [0.15, 0.2) is 0 Å². The molecule has 17 heavy (non-hydrogen) atoms. The van der Waals surface area contributed by atoms with Crippen molar-refractivity contribution < 1.29 is 0 Å². The van der Waals surface area contributed by atoms with E-state index in [1.54, 1.807) is 32.1 Å². The Morgan fingerprint density at radius 2 is 1.06 bits per heavy atom. The van der Waals surface area contributed by atoms with Gasteiger partial charge in [0, 0.05) is 0 Å². The van der Waals surface area contributed by atoms with Crippen molar-refractivity contribution in [2.24, 2.45) is 29.6 Å². The van der Waals surface area contributed by atoms with E-state index in [-0.39, 0.29) is 0 Å². The fourth-order valence-corrected chi connectivity index (χ4v) is 5.15. The quantitative estimate of drug-likeness (QED) is 0.508. The normalized spacial score (nSPS) is 45.0. The summed E-state index contributed by atoms with van der Waals surface area (Å²) >= 11 is 0. The number of fused-ring (bicyclic) bond motifs is 2. The molecule has 0 aromatic carbocycles. The first-order chi connectivity index (χ1) is 8.36. The van der Waals surface area contributed by atoms with Crippen LogP contribution in [0.3, 0.4) is 0 Å². The molecule has 0 heterocycles. The third-order valence-corrected chi connectivity index (χ3v) is 5.89. The zero-order valence-electron chi connectivity index (χ0n) is 12.3. The molecule has 3 saturated carbocycles. The van der Waals surface area contributed by atoms with Gasteiger partial charge in [-0.25, -0.2) is 0 Å². The highest BCUT2D eigenvalue weighted by Gasteiger charge is 2.43. The first-order valence-electron chi connectivity index (χ1n) is 8.36. The molecule has 4 atom stereocenters. The van der Waals surface area contributed by atoms with E-state index in [4.69, 9.17) is 0 Å². The summed E-state index contributed by atoms with van der Waals surface area (Å²) in [4.78, 5) is 0. The van der Waals surface area contributed by atoms with Gasteiger partial charge < -0.3 is 0 Å². The number of hydrogen-bond acceptors (Lipinski definition) is 0. The van der Waals surface area contributed by atoms with Crippen LogP contribution in [0.25, 0.3) is 0 Å². The van der Waals surface area contributed by atoms with Gasteiger partial charge in [-0.3, -0.25) is 0 Å². The van der Waals surface area contributed by atoms with Crippen LogP contribution in [0, 0.1) is 29.6 Å². The largest absolute Gasteiger partial charge is 0.0683 e. The Balaban J connectivity index is 0.000000514. The van der Waals surface area contributed by atoms with E-state index in [1.165, 1.54) is 25.7 Å². The predicted molar refractivity (Wildman–Crippen MR) is 76.0 cm³/mol. The van der Waals surface area contributed by atoms with Crippen LogP contribution in [0.15, 0.2) is 0 Å². The molecule has 100 valence electrons. The van der Waals surface area contributed by atoms with Crippen LogP contribution in [0.4, 0.5) is 0 Å². The van der Waals surface area contributed by atoms with E-state index in [1.807, 2.05) is 13.8 Å². The van der Waals surface area contributed by atoms with Crippen LogP contribution >= 0.6 is 0 Å². The number of hydrogen-bond donors (Lipinski definition) is 0. The number of rotatable bonds is 0. The molecule has 0 aromatic heterocycles. The van der Waals surface area contributed by atoms with Crippen molar-refractivity contribution in [2.75, 3.05) is 0 Å². The maximum Gasteiger partial charge on any atom is -0.0357 e. The van der Waals surface area contributed by atoms with Crippen molar-refractivity contribution in [3.8, 4) is 0 Å². The fraction of sp³-hybridized carbons (Fsp3) is 1.00. The van der Waals surface area contributed by atoms with Crippen molar-refractivity contribution in [2.45, 2.75) is 78.6 Å². The summed E-state index contributed by atoms with van der Waals surface area (Å²) in [5.74, 6) is 5.58. The minimum atomic E-state index is 1.06. The monoisotopic (exact) mass is 236 g/mol. The summed E-state index contributed by atoms with van der Waals surface area (Å²) in [5.41, 5.74) is 0. The molecule has 0 bridgehead atoms. The summed E-state index contributed by atoms with van der Waals surface area (Å²) in [5, 5.41) is 0. The van der Waals surface area contributed by atoms with E-state index in [2.05, 4.69) is 6.92 Å². The third-order valence-electron chi connectivity index (χ3n) is 5.89. The van der Waals surface area contributed by atoms with Crippen molar-refractivity contribution in [1.82, 2.24) is 0 Å². The first kappa shape index (κ1) is 13.4. The van der Waals surface area contributed by atoms with Crippen LogP contribution in [0.2, 0.25) is 0 Å². The smallest absolute Gasteiger partial charge is 0.0357 e. The van der Waals surface area contributed by atoms with Crippen LogP contribution in [-0.2, 0) is 0 Å². The van der Waals surface area contributed by atoms with Gasteiger partial charge >= 0.3 is 0 Å². The van der Waals surface area contributed by atoms with E-state index in [0.29, 0.717) is 0 Å². The molecule has 0 N–H and O–H groups in total. The summed E-state index contributed by atoms with van der Waals surface area (Å²) in [6, 6.07) is 0. The average molecular weight is 236 g/mol. The van der Waals surface area contributed by atoms with Crippen molar-refractivity contribution in [3.63, 3.8) is 0 Å². The molecule has 3 rings (SSSR count). The van der Waals surface area contributed by atoms with E-state index in [0.717, 1.165) is 29.6 Å². The lowest BCUT2D eigenvalue weighted by atomic mass is 9.55. The van der Waals surface area contributed by atoms with Crippen molar-refractivity contribution >= 4 is 0 Å². The lowest BCUT2D eigenvalue weighted by Gasteiger charge is -2.50. The van der Waals surface area contributed by atoms with Crippen molar-refractivity contribution in [1.29, 1.82) is 0 Å². The SMILES string of the molecule is CC.CC1C2CCCCC2CC2CCCCC21. The van der Waals surface area contributed by atoms with Crippen molar-refractivity contribution in [3.05, 3.63) is 0 Å². The molecule has 0 radical (unpaired) electrons. The Kier molecular flexibility index (Phi) is 4.94. The molecule has 0 nitrogen and oxygen atoms in total. The Morgan fingerprint density at radius 1 is 0.647 bits per heavy atom. The summed E-state index contributed by atoms with van der Waals surface area (Å²) in [6.45, 7) is 6.59. The highest BCUT2D eigenvalue weighted by molar-refractivity contribution is 4.93. The Morgan fingerprint density at radius 3 is 1.53 bits per heavy atom. The molecule has 3 fully saturated rings. The zero-order valence-corrected chi connectivity index (χ0v) is 12.3. The van der Waals surface area contributed by atoms with Crippen LogP contribution in [0.1, 0.15) is 78.6 Å². The summed E-state index contributed by atoms with van der Waals surface area (Å²) in [6.07, 6.45) is 14.0. The van der Waals surface area contributed by atoms with Crippen LogP contribution in [-0.4, -0.2) is 0 Å². The second-order valence-electron chi connectivity index (χ2n) is 6.51. The van der Waals surface area contributed by atoms with E-state index < -0.39 is 0 Å². The first-order valence-corrected chi connectivity index (χ1v) is 8.36. The lowest BCUT2D eigenvalue weighted by Crippen LogP contribution is -2.41. The average Bonchev–Trinajstić information content (AvgIpc) is 2.41. The Bertz CT molecular complexity index is 198. The minimum absolute atomic E-state index is 1.06. The zero-order chi connectivity index (χ0) is 12.3. The van der Waals surface area contributed by atoms with Gasteiger partial charge in [0.25, 0.3) is 0 Å². The standard InChI is InChI=1S/C15H26.C2H6/c1-11-14-8-4-2-6-12(14)10-13-7-3-5-9-15(11)13;1-2/h11-15H,2-10H2,1H3;1-2H3. The topological polar surface area (TPSA) is 0 Å². The van der Waals surface area contributed by atoms with E-state index >= 15 is 0 Å². The van der Waals surface area contributed by atoms with Gasteiger partial charge in [-0.2, -0.15) is 0 Å². The molecule has 0 amide bonds. The summed E-state index contributed by atoms with van der Waals surface area (Å²) < 4.78 is 0. The van der Waals surface area contributed by atoms with Gasteiger partial charge in [-0.15, -0.1) is 0 Å². The molecule has 0 aliphatic heterocycles. The molecule has 3 aliphatic carbocycles. The van der Waals surface area contributed by atoms with Gasteiger partial charge in [0.05, 0.1) is 0 Å². The Hall–Kier alpha value is 0. The van der Waals surface area contributed by atoms with Gasteiger partial charge in [-0.1, -0.05) is 59.3 Å². The van der Waals surface area contributed by atoms with Gasteiger partial charge in [-0.05, 0) is 48.9 Å². The Labute approximate surface area is 109 Å². The minimum Gasteiger partial charge on any atom is -0.0683 e. The molecule has 0 spiro atoms. The van der Waals surface area contributed by atoms with Gasteiger partial charge in [0.1, 0.15) is 0 Å². The molecule has 3 aliphatic rings. The van der Waals surface area contributed by atoms with Crippen LogP contribution < -0.4 is 0 Å². The predicted octanol–water partition coefficient (Wildman–Crippen LogP) is 5.67. The molecule has 4 unspecified atom stereocenters. The molecular formula is C17H32. The second-order valence-corrected chi connectivity index (χ2v) is 6.51. The molecule has 0 saturated heterocycles. The third kappa shape index (κ3) is 2.71. The second kappa shape index (κ2) is 6.25. The molecule has 0 aromatic rings. The van der Waals surface area contributed by atoms with Crippen LogP contribution in [0.5, 0.6) is 0 Å². The maximum atomic E-state index is 2.59. The lowest BCUT2D eigenvalue weighted by molar-refractivity contribution is -0.00201. The fourth-order valence-electron chi connectivity index (χ4n) is 5.15. The van der Waals surface area contributed by atoms with E-state index in [9.17, 15) is 0 Å². The maximum absolute atomic E-state index is 2.59. The highest BCUT2D eigenvalue weighted by Crippen LogP contribution is 2.52. The summed E-state index contributed by atoms with van der Waals surface area (Å²) in [7, 11) is 0. The van der Waals surface area contributed by atoms with Gasteiger partial charge in [0.2, 0.25) is 0 Å². The molecular weight excluding hydrogens is 204 g/mol. The highest BCUT2D eigenvalue weighted by atomic mass is 14.5. The molecule has 0 heteroatoms.